The Balaban J connectivity index is 4.55. The summed E-state index contributed by atoms with van der Waals surface area (Å²) in [5, 5.41) is 13.5. The number of unbranched alkanes of at least 4 members (excludes halogenated alkanes) is 1. The zero-order valence-corrected chi connectivity index (χ0v) is 13.1. The highest BCUT2D eigenvalue weighted by Gasteiger charge is 2.22. The van der Waals surface area contributed by atoms with Crippen LogP contribution >= 0.6 is 0 Å². The molecule has 4 nitrogen and oxygen atoms in total. The Bertz CT molecular complexity index is 273. The maximum atomic E-state index is 10.3. The van der Waals surface area contributed by atoms with Crippen molar-refractivity contribution in [2.24, 2.45) is 4.99 Å². The SMILES string of the molecule is C=CCCCN(C)C(=NCC(O)(CC)CC)NCC. The minimum Gasteiger partial charge on any atom is -0.388 e. The van der Waals surface area contributed by atoms with Gasteiger partial charge in [0.1, 0.15) is 0 Å². The average molecular weight is 269 g/mol. The molecular weight excluding hydrogens is 238 g/mol. The Kier molecular flexibility index (Phi) is 9.31. The predicted octanol–water partition coefficient (Wildman–Crippen LogP) is 2.40. The molecule has 0 atom stereocenters. The van der Waals surface area contributed by atoms with E-state index in [4.69, 9.17) is 0 Å². The summed E-state index contributed by atoms with van der Waals surface area (Å²) in [5.41, 5.74) is -0.678. The van der Waals surface area contributed by atoms with Crippen LogP contribution in [0.2, 0.25) is 0 Å². The fourth-order valence-electron chi connectivity index (χ4n) is 1.74. The zero-order valence-electron chi connectivity index (χ0n) is 13.1. The van der Waals surface area contributed by atoms with Crippen molar-refractivity contribution in [2.75, 3.05) is 26.7 Å². The summed E-state index contributed by atoms with van der Waals surface area (Å²) in [6.45, 7) is 12.0. The first-order chi connectivity index (χ1) is 9.02. The Morgan fingerprint density at radius 1 is 1.37 bits per heavy atom. The van der Waals surface area contributed by atoms with Crippen molar-refractivity contribution in [3.63, 3.8) is 0 Å². The summed E-state index contributed by atoms with van der Waals surface area (Å²) in [6, 6.07) is 0. The molecule has 0 aromatic rings. The molecule has 0 saturated carbocycles. The van der Waals surface area contributed by atoms with Gasteiger partial charge < -0.3 is 15.3 Å². The number of nitrogens with one attached hydrogen (secondary N) is 1. The number of nitrogens with zero attached hydrogens (tertiary/aromatic N) is 2. The minimum absolute atomic E-state index is 0.453. The van der Waals surface area contributed by atoms with Crippen LogP contribution in [0.1, 0.15) is 46.5 Å². The van der Waals surface area contributed by atoms with Crippen molar-refractivity contribution >= 4 is 5.96 Å². The topological polar surface area (TPSA) is 47.9 Å². The second-order valence-electron chi connectivity index (χ2n) is 4.95. The van der Waals surface area contributed by atoms with Gasteiger partial charge in [-0.15, -0.1) is 6.58 Å². The molecule has 19 heavy (non-hydrogen) atoms. The standard InChI is InChI=1S/C15H31N3O/c1-6-10-11-12-18(5)14(16-9-4)17-13-15(19,7-2)8-3/h6,19H,1,7-13H2,2-5H3,(H,16,17). The molecule has 0 saturated heterocycles. The lowest BCUT2D eigenvalue weighted by Crippen LogP contribution is -2.41. The monoisotopic (exact) mass is 269 g/mol. The van der Waals surface area contributed by atoms with Gasteiger partial charge in [-0.3, -0.25) is 4.99 Å². The molecule has 4 heteroatoms. The summed E-state index contributed by atoms with van der Waals surface area (Å²) in [7, 11) is 2.03. The number of allylic oxidation sites excluding steroid dienone is 1. The van der Waals surface area contributed by atoms with Gasteiger partial charge in [0.15, 0.2) is 5.96 Å². The molecule has 0 aliphatic heterocycles. The Morgan fingerprint density at radius 2 is 2.00 bits per heavy atom. The molecule has 0 bridgehead atoms. The highest BCUT2D eigenvalue weighted by molar-refractivity contribution is 5.79. The van der Waals surface area contributed by atoms with Crippen LogP contribution in [0, 0.1) is 0 Å². The van der Waals surface area contributed by atoms with Crippen molar-refractivity contribution in [3.05, 3.63) is 12.7 Å². The van der Waals surface area contributed by atoms with Crippen molar-refractivity contribution in [1.82, 2.24) is 10.2 Å². The van der Waals surface area contributed by atoms with E-state index in [1.54, 1.807) is 0 Å². The Morgan fingerprint density at radius 3 is 2.47 bits per heavy atom. The van der Waals surface area contributed by atoms with Gasteiger partial charge in [0.25, 0.3) is 0 Å². The van der Waals surface area contributed by atoms with Crippen LogP contribution in [0.3, 0.4) is 0 Å². The molecule has 0 aromatic heterocycles. The fourth-order valence-corrected chi connectivity index (χ4v) is 1.74. The van der Waals surface area contributed by atoms with Gasteiger partial charge in [0, 0.05) is 20.1 Å². The molecule has 0 rings (SSSR count). The highest BCUT2D eigenvalue weighted by atomic mass is 16.3. The summed E-state index contributed by atoms with van der Waals surface area (Å²) < 4.78 is 0. The first-order valence-corrected chi connectivity index (χ1v) is 7.35. The molecule has 0 fully saturated rings. The quantitative estimate of drug-likeness (QED) is 0.292. The van der Waals surface area contributed by atoms with E-state index in [-0.39, 0.29) is 0 Å². The first kappa shape index (κ1) is 18.0. The molecule has 0 radical (unpaired) electrons. The lowest BCUT2D eigenvalue weighted by molar-refractivity contribution is 0.0416. The van der Waals surface area contributed by atoms with Gasteiger partial charge in [-0.05, 0) is 32.6 Å². The third-order valence-electron chi connectivity index (χ3n) is 3.44. The Hall–Kier alpha value is -1.03. The van der Waals surface area contributed by atoms with Gasteiger partial charge in [-0.25, -0.2) is 0 Å². The summed E-state index contributed by atoms with van der Waals surface area (Å²) in [6.07, 6.45) is 5.47. The van der Waals surface area contributed by atoms with E-state index in [1.165, 1.54) is 0 Å². The molecule has 0 heterocycles. The van der Waals surface area contributed by atoms with Crippen LogP contribution in [0.5, 0.6) is 0 Å². The lowest BCUT2D eigenvalue weighted by Gasteiger charge is -2.26. The number of aliphatic hydroxyl groups is 1. The van der Waals surface area contributed by atoms with Crippen molar-refractivity contribution in [3.8, 4) is 0 Å². The third-order valence-corrected chi connectivity index (χ3v) is 3.44. The van der Waals surface area contributed by atoms with Crippen molar-refractivity contribution in [2.45, 2.75) is 52.1 Å². The van der Waals surface area contributed by atoms with E-state index < -0.39 is 5.60 Å². The number of aliphatic imine (C=N–C) groups is 1. The minimum atomic E-state index is -0.678. The Labute approximate surface area is 118 Å². The summed E-state index contributed by atoms with van der Waals surface area (Å²) in [4.78, 5) is 6.67. The number of hydrogen-bond donors (Lipinski definition) is 2. The maximum Gasteiger partial charge on any atom is 0.193 e. The van der Waals surface area contributed by atoms with Crippen LogP contribution in [-0.4, -0.2) is 48.2 Å². The second-order valence-corrected chi connectivity index (χ2v) is 4.95. The van der Waals surface area contributed by atoms with E-state index in [0.717, 1.165) is 44.7 Å². The largest absolute Gasteiger partial charge is 0.388 e. The molecular formula is C15H31N3O. The van der Waals surface area contributed by atoms with Gasteiger partial charge in [0.05, 0.1) is 12.1 Å². The number of hydrogen-bond acceptors (Lipinski definition) is 2. The van der Waals surface area contributed by atoms with Crippen LogP contribution in [0.4, 0.5) is 0 Å². The molecule has 0 aliphatic carbocycles. The molecule has 2 N–H and O–H groups in total. The number of guanidine groups is 1. The predicted molar refractivity (Wildman–Crippen MR) is 83.6 cm³/mol. The van der Waals surface area contributed by atoms with Gasteiger partial charge in [-0.2, -0.15) is 0 Å². The van der Waals surface area contributed by atoms with Crippen LogP contribution in [0.15, 0.2) is 17.6 Å². The molecule has 0 aromatic carbocycles. The van der Waals surface area contributed by atoms with Crippen LogP contribution in [0.25, 0.3) is 0 Å². The van der Waals surface area contributed by atoms with Gasteiger partial charge in [0.2, 0.25) is 0 Å². The molecule has 0 unspecified atom stereocenters. The van der Waals surface area contributed by atoms with Crippen molar-refractivity contribution < 1.29 is 5.11 Å². The highest BCUT2D eigenvalue weighted by Crippen LogP contribution is 2.14. The van der Waals surface area contributed by atoms with Crippen LogP contribution in [-0.2, 0) is 0 Å². The van der Waals surface area contributed by atoms with Gasteiger partial charge >= 0.3 is 0 Å². The maximum absolute atomic E-state index is 10.3. The molecule has 0 spiro atoms. The molecule has 112 valence electrons. The zero-order chi connectivity index (χ0) is 14.7. The first-order valence-electron chi connectivity index (χ1n) is 7.35. The normalized spacial score (nSPS) is 12.4. The van der Waals surface area contributed by atoms with E-state index in [2.05, 4.69) is 28.7 Å². The van der Waals surface area contributed by atoms with Gasteiger partial charge in [-0.1, -0.05) is 19.9 Å². The van der Waals surface area contributed by atoms with E-state index in [0.29, 0.717) is 6.54 Å². The lowest BCUT2D eigenvalue weighted by atomic mass is 9.98. The smallest absolute Gasteiger partial charge is 0.193 e. The van der Waals surface area contributed by atoms with E-state index in [1.807, 2.05) is 27.0 Å². The van der Waals surface area contributed by atoms with Crippen molar-refractivity contribution in [1.29, 1.82) is 0 Å². The summed E-state index contributed by atoms with van der Waals surface area (Å²) >= 11 is 0. The van der Waals surface area contributed by atoms with E-state index >= 15 is 0 Å². The summed E-state index contributed by atoms with van der Waals surface area (Å²) in [5.74, 6) is 0.867. The van der Waals surface area contributed by atoms with Crippen LogP contribution < -0.4 is 5.32 Å². The second kappa shape index (κ2) is 9.84. The average Bonchev–Trinajstić information content (AvgIpc) is 2.43. The molecule has 0 aliphatic rings. The fraction of sp³-hybridized carbons (Fsp3) is 0.800. The third kappa shape index (κ3) is 7.21. The molecule has 0 amide bonds. The number of rotatable bonds is 9. The van der Waals surface area contributed by atoms with E-state index in [9.17, 15) is 5.11 Å².